The number of nitriles is 1. The van der Waals surface area contributed by atoms with Gasteiger partial charge in [-0.25, -0.2) is 9.37 Å². The molecule has 2 N–H and O–H groups in total. The second-order valence-electron chi connectivity index (χ2n) is 11.6. The molecule has 2 aromatic carbocycles. The number of aromatic nitrogens is 2. The third-order valence-electron chi connectivity index (χ3n) is 8.61. The molecule has 1 aliphatic carbocycles. The molecule has 2 atom stereocenters. The molecular formula is C33H36F4N6O3. The summed E-state index contributed by atoms with van der Waals surface area (Å²) in [5.41, 5.74) is 0.918. The van der Waals surface area contributed by atoms with Gasteiger partial charge in [-0.3, -0.25) is 4.79 Å². The summed E-state index contributed by atoms with van der Waals surface area (Å²) >= 11 is 0. The molecular weight excluding hydrogens is 604 g/mol. The third kappa shape index (κ3) is 7.61. The number of anilines is 2. The van der Waals surface area contributed by atoms with Gasteiger partial charge in [-0.2, -0.15) is 23.4 Å². The summed E-state index contributed by atoms with van der Waals surface area (Å²) in [6.45, 7) is -0.0560. The van der Waals surface area contributed by atoms with Crippen molar-refractivity contribution in [1.29, 1.82) is 5.26 Å². The molecule has 2 aliphatic rings. The van der Waals surface area contributed by atoms with Crippen LogP contribution in [0.25, 0.3) is 11.3 Å². The van der Waals surface area contributed by atoms with Crippen LogP contribution in [0, 0.1) is 23.1 Å². The number of hydrogen-bond acceptors (Lipinski definition) is 8. The molecule has 2 heterocycles. The van der Waals surface area contributed by atoms with E-state index in [4.69, 9.17) is 9.47 Å². The molecule has 1 saturated heterocycles. The fourth-order valence-corrected chi connectivity index (χ4v) is 6.09. The van der Waals surface area contributed by atoms with Crippen LogP contribution >= 0.6 is 0 Å². The number of alkyl halides is 3. The number of ether oxygens (including phenoxy) is 2. The molecule has 1 saturated carbocycles. The molecule has 0 bridgehead atoms. The number of hydrogen-bond donors (Lipinski definition) is 2. The van der Waals surface area contributed by atoms with E-state index in [1.54, 1.807) is 24.3 Å². The predicted molar refractivity (Wildman–Crippen MR) is 164 cm³/mol. The van der Waals surface area contributed by atoms with Crippen molar-refractivity contribution in [3.8, 4) is 28.8 Å². The zero-order valence-corrected chi connectivity index (χ0v) is 25.7. The first-order chi connectivity index (χ1) is 22.1. The standard InChI is InChI=1S/C33H36F4N6O3/c1-45-25-12-10-22(28(15-25)46-2)18-39-32-41-27(20-8-9-21(17-38)26(34)14-20)16-30(42-32)43-19-23(11-13-29(43)33(35,36)37)31(44)40-24-6-4-3-5-7-24/h8-10,12,14-16,23-24,29H,3-7,11,13,18-19H2,1-2H3,(H,40,44)(H,39,41,42). The van der Waals surface area contributed by atoms with Crippen molar-refractivity contribution in [2.45, 2.75) is 69.8 Å². The van der Waals surface area contributed by atoms with Crippen molar-refractivity contribution in [3.63, 3.8) is 0 Å². The van der Waals surface area contributed by atoms with E-state index in [0.717, 1.165) is 43.1 Å². The van der Waals surface area contributed by atoms with Gasteiger partial charge in [0.05, 0.1) is 31.4 Å². The lowest BCUT2D eigenvalue weighted by Crippen LogP contribution is -2.55. The van der Waals surface area contributed by atoms with Crippen molar-refractivity contribution in [3.05, 3.63) is 59.4 Å². The molecule has 13 heteroatoms. The monoisotopic (exact) mass is 640 g/mol. The number of rotatable bonds is 9. The Morgan fingerprint density at radius 2 is 1.80 bits per heavy atom. The molecule has 1 aliphatic heterocycles. The summed E-state index contributed by atoms with van der Waals surface area (Å²) in [4.78, 5) is 23.3. The summed E-state index contributed by atoms with van der Waals surface area (Å²) in [6, 6.07) is 10.3. The van der Waals surface area contributed by atoms with E-state index in [1.165, 1.54) is 32.4 Å². The Hall–Kier alpha value is -4.60. The average Bonchev–Trinajstić information content (AvgIpc) is 3.06. The molecule has 9 nitrogen and oxygen atoms in total. The van der Waals surface area contributed by atoms with E-state index in [1.807, 2.05) is 0 Å². The topological polar surface area (TPSA) is 112 Å². The first-order valence-corrected chi connectivity index (χ1v) is 15.3. The lowest BCUT2D eigenvalue weighted by atomic mass is 9.90. The van der Waals surface area contributed by atoms with E-state index >= 15 is 0 Å². The van der Waals surface area contributed by atoms with E-state index in [-0.39, 0.29) is 66.5 Å². The van der Waals surface area contributed by atoms with Crippen molar-refractivity contribution < 1.29 is 31.8 Å². The van der Waals surface area contributed by atoms with Crippen LogP contribution in [0.2, 0.25) is 0 Å². The highest BCUT2D eigenvalue weighted by atomic mass is 19.4. The maximum Gasteiger partial charge on any atom is 0.408 e. The Labute approximate surface area is 264 Å². The fourth-order valence-electron chi connectivity index (χ4n) is 6.09. The number of methoxy groups -OCH3 is 2. The SMILES string of the molecule is COc1ccc(CNc2nc(-c3ccc(C#N)c(F)c3)cc(N3CC(C(=O)NC4CCCCC4)CCC3C(F)(F)F)n2)c(OC)c1. The van der Waals surface area contributed by atoms with Crippen LogP contribution in [0.4, 0.5) is 29.3 Å². The zero-order valence-electron chi connectivity index (χ0n) is 25.7. The minimum atomic E-state index is -4.60. The molecule has 244 valence electrons. The number of amides is 1. The maximum atomic E-state index is 14.6. The third-order valence-corrected chi connectivity index (χ3v) is 8.61. The molecule has 2 fully saturated rings. The smallest absolute Gasteiger partial charge is 0.408 e. The normalized spacial score (nSPS) is 18.8. The van der Waals surface area contributed by atoms with Gasteiger partial charge in [-0.15, -0.1) is 0 Å². The number of carbonyl (C=O) groups is 1. The average molecular weight is 641 g/mol. The molecule has 1 aromatic heterocycles. The number of nitrogens with one attached hydrogen (secondary N) is 2. The second-order valence-corrected chi connectivity index (χ2v) is 11.6. The van der Waals surface area contributed by atoms with Crippen LogP contribution < -0.4 is 25.0 Å². The highest BCUT2D eigenvalue weighted by molar-refractivity contribution is 5.80. The fraction of sp³-hybridized carbons (Fsp3) is 0.455. The van der Waals surface area contributed by atoms with Gasteiger partial charge in [0.2, 0.25) is 11.9 Å². The lowest BCUT2D eigenvalue weighted by molar-refractivity contribution is -0.156. The van der Waals surface area contributed by atoms with Gasteiger partial charge in [0.1, 0.15) is 35.2 Å². The van der Waals surface area contributed by atoms with E-state index < -0.39 is 24.0 Å². The molecule has 0 radical (unpaired) electrons. The van der Waals surface area contributed by atoms with Crippen LogP contribution in [-0.2, 0) is 11.3 Å². The second kappa shape index (κ2) is 14.2. The van der Waals surface area contributed by atoms with E-state index in [2.05, 4.69) is 20.6 Å². The highest BCUT2D eigenvalue weighted by Crippen LogP contribution is 2.38. The number of piperidine rings is 1. The van der Waals surface area contributed by atoms with Gasteiger partial charge in [-0.05, 0) is 49.9 Å². The Morgan fingerprint density at radius 1 is 1.02 bits per heavy atom. The Kier molecular flexibility index (Phi) is 10.1. The predicted octanol–water partition coefficient (Wildman–Crippen LogP) is 6.38. The van der Waals surface area contributed by atoms with E-state index in [0.29, 0.717) is 17.1 Å². The number of halogens is 4. The van der Waals surface area contributed by atoms with Gasteiger partial charge < -0.3 is 25.0 Å². The summed E-state index contributed by atoms with van der Waals surface area (Å²) in [5, 5.41) is 15.3. The van der Waals surface area contributed by atoms with Crippen molar-refractivity contribution in [1.82, 2.24) is 15.3 Å². The number of nitrogens with zero attached hydrogens (tertiary/aromatic N) is 4. The molecule has 2 unspecified atom stereocenters. The quantitative estimate of drug-likeness (QED) is 0.259. The highest BCUT2D eigenvalue weighted by Gasteiger charge is 2.48. The Balaban J connectivity index is 1.50. The summed E-state index contributed by atoms with van der Waals surface area (Å²) < 4.78 is 68.7. The summed E-state index contributed by atoms with van der Waals surface area (Å²) in [6.07, 6.45) is 0.0441. The van der Waals surface area contributed by atoms with Crippen molar-refractivity contribution in [2.24, 2.45) is 5.92 Å². The van der Waals surface area contributed by atoms with Crippen molar-refractivity contribution >= 4 is 17.7 Å². The van der Waals surface area contributed by atoms with Crippen LogP contribution in [0.15, 0.2) is 42.5 Å². The van der Waals surface area contributed by atoms with Crippen LogP contribution in [0.3, 0.4) is 0 Å². The van der Waals surface area contributed by atoms with E-state index in [9.17, 15) is 27.6 Å². The van der Waals surface area contributed by atoms with Gasteiger partial charge >= 0.3 is 6.18 Å². The zero-order chi connectivity index (χ0) is 32.8. The molecule has 3 aromatic rings. The van der Waals surface area contributed by atoms with Gasteiger partial charge in [0.25, 0.3) is 0 Å². The Bertz CT molecular complexity index is 1590. The van der Waals surface area contributed by atoms with Gasteiger partial charge in [0, 0.05) is 42.4 Å². The van der Waals surface area contributed by atoms with Crippen LogP contribution in [0.5, 0.6) is 11.5 Å². The largest absolute Gasteiger partial charge is 0.497 e. The molecule has 0 spiro atoms. The minimum absolute atomic E-state index is 0.00940. The Morgan fingerprint density at radius 3 is 2.48 bits per heavy atom. The molecule has 46 heavy (non-hydrogen) atoms. The van der Waals surface area contributed by atoms with Crippen molar-refractivity contribution in [2.75, 3.05) is 31.0 Å². The van der Waals surface area contributed by atoms with Gasteiger partial charge in [-0.1, -0.05) is 25.3 Å². The number of carbonyl (C=O) groups excluding carboxylic acids is 1. The lowest BCUT2D eigenvalue weighted by Gasteiger charge is -2.41. The molecule has 1 amide bonds. The molecule has 5 rings (SSSR count). The number of benzene rings is 2. The maximum absolute atomic E-state index is 14.6. The first-order valence-electron chi connectivity index (χ1n) is 15.3. The van der Waals surface area contributed by atoms with Crippen LogP contribution in [-0.4, -0.2) is 54.9 Å². The minimum Gasteiger partial charge on any atom is -0.497 e. The first kappa shape index (κ1) is 32.8. The summed E-state index contributed by atoms with van der Waals surface area (Å²) in [7, 11) is 3.03. The van der Waals surface area contributed by atoms with Crippen LogP contribution in [0.1, 0.15) is 56.1 Å². The summed E-state index contributed by atoms with van der Waals surface area (Å²) in [5.74, 6) is -0.701. The van der Waals surface area contributed by atoms with Gasteiger partial charge in [0.15, 0.2) is 0 Å².